The van der Waals surface area contributed by atoms with E-state index in [0.29, 0.717) is 4.88 Å². The summed E-state index contributed by atoms with van der Waals surface area (Å²) in [5, 5.41) is 11.9. The second-order valence-electron chi connectivity index (χ2n) is 5.43. The Labute approximate surface area is 125 Å². The fraction of sp³-hybridized carbons (Fsp3) is 0.500. The van der Waals surface area contributed by atoms with Crippen LogP contribution in [0.25, 0.3) is 0 Å². The Morgan fingerprint density at radius 2 is 1.95 bits per heavy atom. The Bertz CT molecular complexity index is 598. The van der Waals surface area contributed by atoms with E-state index in [0.717, 1.165) is 37.0 Å². The highest BCUT2D eigenvalue weighted by atomic mass is 32.1. The number of hydrogen-bond acceptors (Lipinski definition) is 4. The van der Waals surface area contributed by atoms with Gasteiger partial charge in [-0.3, -0.25) is 9.59 Å². The summed E-state index contributed by atoms with van der Waals surface area (Å²) in [5.74, 6) is -1.41. The van der Waals surface area contributed by atoms with Crippen molar-refractivity contribution in [3.63, 3.8) is 0 Å². The van der Waals surface area contributed by atoms with Gasteiger partial charge >= 0.3 is 5.97 Å². The largest absolute Gasteiger partial charge is 0.477 e. The third-order valence-corrected chi connectivity index (χ3v) is 5.14. The Balaban J connectivity index is 1.84. The molecule has 1 saturated carbocycles. The van der Waals surface area contributed by atoms with Crippen LogP contribution < -0.4 is 5.32 Å². The number of carbonyl (C=O) groups is 3. The molecular weight excluding hydrogens is 292 g/mol. The summed E-state index contributed by atoms with van der Waals surface area (Å²) in [6.07, 6.45) is 3.89. The first-order valence-electron chi connectivity index (χ1n) is 7.00. The van der Waals surface area contributed by atoms with E-state index in [1.54, 1.807) is 4.90 Å². The molecule has 1 aliphatic carbocycles. The lowest BCUT2D eigenvalue weighted by molar-refractivity contribution is -0.127. The number of carboxylic acids is 1. The van der Waals surface area contributed by atoms with Crippen LogP contribution in [0.1, 0.15) is 45.0 Å². The lowest BCUT2D eigenvalue weighted by atomic mass is 9.87. The van der Waals surface area contributed by atoms with Crippen molar-refractivity contribution in [1.29, 1.82) is 0 Å². The van der Waals surface area contributed by atoms with Crippen LogP contribution in [0, 0.1) is 0 Å². The molecule has 7 heteroatoms. The second kappa shape index (κ2) is 5.48. The van der Waals surface area contributed by atoms with Crippen molar-refractivity contribution in [3.05, 3.63) is 21.9 Å². The third kappa shape index (κ3) is 2.65. The lowest BCUT2D eigenvalue weighted by Crippen LogP contribution is -2.62. The number of rotatable bonds is 2. The van der Waals surface area contributed by atoms with Crippen LogP contribution in [-0.2, 0) is 4.79 Å². The quantitative estimate of drug-likeness (QED) is 0.863. The number of nitrogens with zero attached hydrogens (tertiary/aromatic N) is 1. The van der Waals surface area contributed by atoms with E-state index < -0.39 is 5.97 Å². The SMILES string of the molecule is O=C1CN(C(=O)c2ccc(C(=O)O)s2)C2CCCCC2N1. The number of carbonyl (C=O) groups excluding carboxylic acids is 2. The second-order valence-corrected chi connectivity index (χ2v) is 6.51. The van der Waals surface area contributed by atoms with Crippen LogP contribution in [0.3, 0.4) is 0 Å². The van der Waals surface area contributed by atoms with E-state index in [2.05, 4.69) is 5.32 Å². The van der Waals surface area contributed by atoms with Crippen molar-refractivity contribution in [2.75, 3.05) is 6.54 Å². The minimum absolute atomic E-state index is 0.0272. The fourth-order valence-corrected chi connectivity index (χ4v) is 3.91. The lowest BCUT2D eigenvalue weighted by Gasteiger charge is -2.43. The molecule has 0 spiro atoms. The maximum absolute atomic E-state index is 12.6. The van der Waals surface area contributed by atoms with Crippen LogP contribution in [-0.4, -0.2) is 46.4 Å². The van der Waals surface area contributed by atoms with Gasteiger partial charge in [-0.05, 0) is 25.0 Å². The van der Waals surface area contributed by atoms with Gasteiger partial charge in [0, 0.05) is 6.04 Å². The zero-order valence-electron chi connectivity index (χ0n) is 11.4. The molecule has 0 radical (unpaired) electrons. The number of carboxylic acid groups (broad SMARTS) is 1. The number of hydrogen-bond donors (Lipinski definition) is 2. The standard InChI is InChI=1S/C14H16N2O4S/c17-12-7-16(9-4-2-1-3-8(9)15-12)13(18)10-5-6-11(21-10)14(19)20/h5-6,8-9H,1-4,7H2,(H,15,17)(H,19,20). The average Bonchev–Trinajstić information content (AvgIpc) is 2.95. The number of fused-ring (bicyclic) bond motifs is 1. The van der Waals surface area contributed by atoms with Gasteiger partial charge in [-0.2, -0.15) is 0 Å². The zero-order chi connectivity index (χ0) is 15.0. The highest BCUT2D eigenvalue weighted by Gasteiger charge is 2.39. The van der Waals surface area contributed by atoms with Gasteiger partial charge in [0.25, 0.3) is 5.91 Å². The molecule has 2 amide bonds. The molecule has 1 aromatic heterocycles. The number of piperazine rings is 1. The van der Waals surface area contributed by atoms with Crippen LogP contribution in [0.5, 0.6) is 0 Å². The van der Waals surface area contributed by atoms with Crippen molar-refractivity contribution in [2.24, 2.45) is 0 Å². The number of thiophene rings is 1. The minimum Gasteiger partial charge on any atom is -0.477 e. The molecular formula is C14H16N2O4S. The van der Waals surface area contributed by atoms with Gasteiger partial charge in [-0.15, -0.1) is 11.3 Å². The Morgan fingerprint density at radius 1 is 1.24 bits per heavy atom. The van der Waals surface area contributed by atoms with Crippen molar-refractivity contribution >= 4 is 29.1 Å². The van der Waals surface area contributed by atoms with Crippen molar-refractivity contribution in [1.82, 2.24) is 10.2 Å². The molecule has 3 rings (SSSR count). The molecule has 6 nitrogen and oxygen atoms in total. The van der Waals surface area contributed by atoms with Crippen molar-refractivity contribution in [3.8, 4) is 0 Å². The fourth-order valence-electron chi connectivity index (χ4n) is 3.11. The first-order chi connectivity index (χ1) is 10.1. The summed E-state index contributed by atoms with van der Waals surface area (Å²) >= 11 is 0.961. The third-order valence-electron chi connectivity index (χ3n) is 4.08. The summed E-state index contributed by atoms with van der Waals surface area (Å²) in [5.41, 5.74) is 0. The Hall–Kier alpha value is -1.89. The zero-order valence-corrected chi connectivity index (χ0v) is 12.2. The maximum Gasteiger partial charge on any atom is 0.345 e. The predicted octanol–water partition coefficient (Wildman–Crippen LogP) is 1.33. The molecule has 112 valence electrons. The summed E-state index contributed by atoms with van der Waals surface area (Å²) in [4.78, 5) is 37.4. The van der Waals surface area contributed by atoms with E-state index in [9.17, 15) is 14.4 Å². The summed E-state index contributed by atoms with van der Waals surface area (Å²) in [7, 11) is 0. The van der Waals surface area contributed by atoms with Gasteiger partial charge in [0.15, 0.2) is 0 Å². The number of amides is 2. The monoisotopic (exact) mass is 308 g/mol. The molecule has 2 N–H and O–H groups in total. The van der Waals surface area contributed by atoms with Gasteiger partial charge in [-0.25, -0.2) is 4.79 Å². The highest BCUT2D eigenvalue weighted by molar-refractivity contribution is 7.15. The molecule has 2 atom stereocenters. The van der Waals surface area contributed by atoms with Gasteiger partial charge in [0.1, 0.15) is 11.4 Å². The van der Waals surface area contributed by atoms with E-state index >= 15 is 0 Å². The molecule has 2 aliphatic rings. The maximum atomic E-state index is 12.6. The van der Waals surface area contributed by atoms with E-state index in [4.69, 9.17) is 5.11 Å². The molecule has 1 saturated heterocycles. The normalized spacial score (nSPS) is 25.1. The Morgan fingerprint density at radius 3 is 2.67 bits per heavy atom. The first kappa shape index (κ1) is 14.1. The molecule has 0 bridgehead atoms. The smallest absolute Gasteiger partial charge is 0.345 e. The van der Waals surface area contributed by atoms with Crippen LogP contribution in [0.4, 0.5) is 0 Å². The topological polar surface area (TPSA) is 86.7 Å². The Kier molecular flexibility index (Phi) is 3.67. The van der Waals surface area contributed by atoms with E-state index in [1.165, 1.54) is 12.1 Å². The van der Waals surface area contributed by atoms with Crippen LogP contribution in [0.2, 0.25) is 0 Å². The molecule has 1 aromatic rings. The molecule has 2 unspecified atom stereocenters. The van der Waals surface area contributed by atoms with Gasteiger partial charge in [-0.1, -0.05) is 12.8 Å². The average molecular weight is 308 g/mol. The van der Waals surface area contributed by atoms with Crippen molar-refractivity contribution in [2.45, 2.75) is 37.8 Å². The highest BCUT2D eigenvalue weighted by Crippen LogP contribution is 2.28. The predicted molar refractivity (Wildman–Crippen MR) is 76.5 cm³/mol. The molecule has 21 heavy (non-hydrogen) atoms. The molecule has 2 heterocycles. The summed E-state index contributed by atoms with van der Waals surface area (Å²) < 4.78 is 0. The van der Waals surface area contributed by atoms with Crippen molar-refractivity contribution < 1.29 is 19.5 Å². The molecule has 0 aromatic carbocycles. The first-order valence-corrected chi connectivity index (χ1v) is 7.81. The van der Waals surface area contributed by atoms with Crippen LogP contribution in [0.15, 0.2) is 12.1 Å². The molecule has 1 aliphatic heterocycles. The summed E-state index contributed by atoms with van der Waals surface area (Å²) in [6, 6.07) is 3.02. The van der Waals surface area contributed by atoms with Gasteiger partial charge in [0.2, 0.25) is 5.91 Å². The van der Waals surface area contributed by atoms with Crippen LogP contribution >= 0.6 is 11.3 Å². The van der Waals surface area contributed by atoms with E-state index in [-0.39, 0.29) is 35.3 Å². The molecule has 2 fully saturated rings. The van der Waals surface area contributed by atoms with E-state index in [1.807, 2.05) is 0 Å². The minimum atomic E-state index is -1.04. The van der Waals surface area contributed by atoms with Gasteiger partial charge in [0.05, 0.1) is 10.9 Å². The summed E-state index contributed by atoms with van der Waals surface area (Å²) in [6.45, 7) is 0.0559. The number of nitrogens with one attached hydrogen (secondary N) is 1. The number of aromatic carboxylic acids is 1. The van der Waals surface area contributed by atoms with Gasteiger partial charge < -0.3 is 15.3 Å².